The molecular weight excluding hydrogens is 263 g/mol. The van der Waals surface area contributed by atoms with Crippen LogP contribution < -0.4 is 0 Å². The largest absolute Gasteiger partial charge is 0.478 e. The molecule has 1 unspecified atom stereocenters. The van der Waals surface area contributed by atoms with E-state index in [1.807, 2.05) is 0 Å². The predicted molar refractivity (Wildman–Crippen MR) is 71.7 cm³/mol. The zero-order valence-corrected chi connectivity index (χ0v) is 11.0. The van der Waals surface area contributed by atoms with E-state index in [0.29, 0.717) is 24.7 Å². The molecule has 4 nitrogen and oxygen atoms in total. The van der Waals surface area contributed by atoms with E-state index < -0.39 is 11.8 Å². The van der Waals surface area contributed by atoms with Crippen LogP contribution in [0.5, 0.6) is 0 Å². The molecule has 1 N–H and O–H groups in total. The lowest BCUT2D eigenvalue weighted by atomic mass is 10.1. The number of carboxylic acid groups (broad SMARTS) is 1. The maximum Gasteiger partial charge on any atom is 0.328 e. The molecule has 108 valence electrons. The van der Waals surface area contributed by atoms with Crippen molar-refractivity contribution in [3.8, 4) is 0 Å². The highest BCUT2D eigenvalue weighted by molar-refractivity contribution is 5.85. The van der Waals surface area contributed by atoms with E-state index in [2.05, 4.69) is 0 Å². The molecule has 2 rings (SSSR count). The lowest BCUT2D eigenvalue weighted by Gasteiger charge is -2.10. The van der Waals surface area contributed by atoms with Gasteiger partial charge in [-0.25, -0.2) is 9.18 Å². The normalized spacial score (nSPS) is 18.8. The van der Waals surface area contributed by atoms with E-state index in [1.54, 1.807) is 6.07 Å². The average Bonchev–Trinajstić information content (AvgIpc) is 2.91. The second-order valence-corrected chi connectivity index (χ2v) is 4.76. The number of hydrogen-bond acceptors (Lipinski definition) is 3. The minimum absolute atomic E-state index is 0.329. The van der Waals surface area contributed by atoms with Crippen molar-refractivity contribution in [3.63, 3.8) is 0 Å². The van der Waals surface area contributed by atoms with Crippen molar-refractivity contribution in [1.82, 2.24) is 0 Å². The topological polar surface area (TPSA) is 55.8 Å². The zero-order chi connectivity index (χ0) is 14.4. The molecule has 1 aliphatic rings. The Bertz CT molecular complexity index is 493. The van der Waals surface area contributed by atoms with Crippen LogP contribution in [-0.2, 0) is 20.9 Å². The molecule has 1 fully saturated rings. The van der Waals surface area contributed by atoms with E-state index in [9.17, 15) is 9.18 Å². The zero-order valence-electron chi connectivity index (χ0n) is 11.0. The minimum atomic E-state index is -1.07. The molecule has 0 aromatic heterocycles. The summed E-state index contributed by atoms with van der Waals surface area (Å²) in [6.07, 6.45) is 3.36. The summed E-state index contributed by atoms with van der Waals surface area (Å²) in [6.45, 7) is 2.42. The number of rotatable bonds is 6. The van der Waals surface area contributed by atoms with Crippen LogP contribution in [-0.4, -0.2) is 30.9 Å². The van der Waals surface area contributed by atoms with Gasteiger partial charge in [0.2, 0.25) is 0 Å². The molecule has 1 aromatic rings. The van der Waals surface area contributed by atoms with Crippen LogP contribution in [0.2, 0.25) is 0 Å². The molecule has 0 amide bonds. The van der Waals surface area contributed by atoms with E-state index in [-0.39, 0.29) is 0 Å². The fourth-order valence-corrected chi connectivity index (χ4v) is 2.06. The van der Waals surface area contributed by atoms with Crippen molar-refractivity contribution >= 4 is 12.0 Å². The highest BCUT2D eigenvalue weighted by Crippen LogP contribution is 2.17. The summed E-state index contributed by atoms with van der Waals surface area (Å²) < 4.78 is 24.1. The average molecular weight is 280 g/mol. The first-order valence-electron chi connectivity index (χ1n) is 6.50. The standard InChI is InChI=1S/C15H17FO4/c16-14-3-1-13(12(7-14)2-4-15(17)18)10-20-9-11-5-6-19-8-11/h1-4,7,11H,5-6,8-10H2,(H,17,18). The lowest BCUT2D eigenvalue weighted by Crippen LogP contribution is -2.09. The van der Waals surface area contributed by atoms with Gasteiger partial charge >= 0.3 is 5.97 Å². The van der Waals surface area contributed by atoms with Crippen LogP contribution in [0.25, 0.3) is 6.08 Å². The lowest BCUT2D eigenvalue weighted by molar-refractivity contribution is -0.131. The van der Waals surface area contributed by atoms with E-state index >= 15 is 0 Å². The molecule has 0 spiro atoms. The Labute approximate surface area is 116 Å². The number of hydrogen-bond donors (Lipinski definition) is 1. The second kappa shape index (κ2) is 7.17. The van der Waals surface area contributed by atoms with Crippen LogP contribution in [0, 0.1) is 11.7 Å². The smallest absolute Gasteiger partial charge is 0.328 e. The summed E-state index contributed by atoms with van der Waals surface area (Å²) in [7, 11) is 0. The minimum Gasteiger partial charge on any atom is -0.478 e. The Morgan fingerprint density at radius 3 is 3.10 bits per heavy atom. The fraction of sp³-hybridized carbons (Fsp3) is 0.400. The third kappa shape index (κ3) is 4.43. The molecule has 0 saturated carbocycles. The maximum atomic E-state index is 13.2. The van der Waals surface area contributed by atoms with E-state index in [1.165, 1.54) is 18.2 Å². The third-order valence-electron chi connectivity index (χ3n) is 3.15. The van der Waals surface area contributed by atoms with Crippen LogP contribution in [0.15, 0.2) is 24.3 Å². The maximum absolute atomic E-state index is 13.2. The van der Waals surface area contributed by atoms with Gasteiger partial charge < -0.3 is 14.6 Å². The Morgan fingerprint density at radius 2 is 2.40 bits per heavy atom. The van der Waals surface area contributed by atoms with Gasteiger partial charge in [-0.2, -0.15) is 0 Å². The Kier molecular flexibility index (Phi) is 5.26. The first-order valence-corrected chi connectivity index (χ1v) is 6.50. The quantitative estimate of drug-likeness (QED) is 0.813. The fourth-order valence-electron chi connectivity index (χ4n) is 2.06. The summed E-state index contributed by atoms with van der Waals surface area (Å²) >= 11 is 0. The molecule has 1 saturated heterocycles. The van der Waals surface area contributed by atoms with Gasteiger partial charge in [-0.1, -0.05) is 6.07 Å². The van der Waals surface area contributed by atoms with Crippen molar-refractivity contribution in [2.24, 2.45) is 5.92 Å². The van der Waals surface area contributed by atoms with Crippen molar-refractivity contribution < 1.29 is 23.8 Å². The summed E-state index contributed by atoms with van der Waals surface area (Å²) in [6, 6.07) is 4.26. The number of halogens is 1. The summed E-state index contributed by atoms with van der Waals surface area (Å²) in [5.41, 5.74) is 1.29. The van der Waals surface area contributed by atoms with Crippen LogP contribution in [0.1, 0.15) is 17.5 Å². The van der Waals surface area contributed by atoms with Crippen molar-refractivity contribution in [2.45, 2.75) is 13.0 Å². The number of ether oxygens (including phenoxy) is 2. The van der Waals surface area contributed by atoms with E-state index in [0.717, 1.165) is 31.3 Å². The van der Waals surface area contributed by atoms with Gasteiger partial charge in [0.15, 0.2) is 0 Å². The molecule has 20 heavy (non-hydrogen) atoms. The molecule has 0 bridgehead atoms. The first-order chi connectivity index (χ1) is 9.65. The van der Waals surface area contributed by atoms with Gasteiger partial charge in [-0.05, 0) is 35.8 Å². The van der Waals surface area contributed by atoms with Crippen molar-refractivity contribution in [3.05, 3.63) is 41.2 Å². The number of aliphatic carboxylic acids is 1. The Morgan fingerprint density at radius 1 is 1.55 bits per heavy atom. The second-order valence-electron chi connectivity index (χ2n) is 4.76. The van der Waals surface area contributed by atoms with Gasteiger partial charge in [0.1, 0.15) is 5.82 Å². The predicted octanol–water partition coefficient (Wildman–Crippen LogP) is 2.48. The Hall–Kier alpha value is -1.72. The van der Waals surface area contributed by atoms with Crippen LogP contribution >= 0.6 is 0 Å². The SMILES string of the molecule is O=C(O)C=Cc1cc(F)ccc1COCC1CCOC1. The molecule has 5 heteroatoms. The molecule has 1 aromatic carbocycles. The molecule has 1 atom stereocenters. The summed E-state index contributed by atoms with van der Waals surface area (Å²) in [5, 5.41) is 8.63. The first kappa shape index (κ1) is 14.7. The van der Waals surface area contributed by atoms with Gasteiger partial charge in [0, 0.05) is 18.6 Å². The summed E-state index contributed by atoms with van der Waals surface area (Å²) in [4.78, 5) is 10.5. The van der Waals surface area contributed by atoms with Gasteiger partial charge in [0.25, 0.3) is 0 Å². The van der Waals surface area contributed by atoms with Crippen molar-refractivity contribution in [2.75, 3.05) is 19.8 Å². The molecule has 0 aliphatic carbocycles. The Balaban J connectivity index is 1.96. The highest BCUT2D eigenvalue weighted by Gasteiger charge is 2.15. The van der Waals surface area contributed by atoms with Gasteiger partial charge in [-0.15, -0.1) is 0 Å². The third-order valence-corrected chi connectivity index (χ3v) is 3.15. The molecule has 1 aliphatic heterocycles. The van der Waals surface area contributed by atoms with Crippen molar-refractivity contribution in [1.29, 1.82) is 0 Å². The molecular formula is C15H17FO4. The highest BCUT2D eigenvalue weighted by atomic mass is 19.1. The monoisotopic (exact) mass is 280 g/mol. The van der Waals surface area contributed by atoms with Crippen LogP contribution in [0.4, 0.5) is 4.39 Å². The number of carboxylic acids is 1. The molecule has 0 radical (unpaired) electrons. The number of carbonyl (C=O) groups is 1. The number of benzene rings is 1. The van der Waals surface area contributed by atoms with E-state index in [4.69, 9.17) is 14.6 Å². The van der Waals surface area contributed by atoms with Crippen LogP contribution in [0.3, 0.4) is 0 Å². The summed E-state index contributed by atoms with van der Waals surface area (Å²) in [5.74, 6) is -1.05. The van der Waals surface area contributed by atoms with Gasteiger partial charge in [-0.3, -0.25) is 0 Å². The molecule has 1 heterocycles. The van der Waals surface area contributed by atoms with Gasteiger partial charge in [0.05, 0.1) is 19.8 Å².